The summed E-state index contributed by atoms with van der Waals surface area (Å²) in [6.45, 7) is 9.45. The van der Waals surface area contributed by atoms with Gasteiger partial charge in [0.1, 0.15) is 5.69 Å². The van der Waals surface area contributed by atoms with Crippen LogP contribution >= 0.6 is 11.3 Å². The van der Waals surface area contributed by atoms with Crippen LogP contribution in [0.2, 0.25) is 0 Å². The lowest BCUT2D eigenvalue weighted by Gasteiger charge is -2.46. The van der Waals surface area contributed by atoms with Crippen LogP contribution < -0.4 is 5.32 Å². The molecule has 1 aromatic heterocycles. The number of aryl methyl sites for hydroxylation is 1. The molecule has 0 aliphatic heterocycles. The molecule has 1 fully saturated rings. The number of thiazole rings is 1. The summed E-state index contributed by atoms with van der Waals surface area (Å²) in [5, 5.41) is 6.70. The van der Waals surface area contributed by atoms with E-state index in [0.29, 0.717) is 5.92 Å². The van der Waals surface area contributed by atoms with E-state index in [4.69, 9.17) is 4.98 Å². The van der Waals surface area contributed by atoms with Gasteiger partial charge < -0.3 is 5.32 Å². The molecule has 0 spiro atoms. The number of hydrogen-bond acceptors (Lipinski definition) is 4. The molecule has 0 amide bonds. The van der Waals surface area contributed by atoms with Crippen molar-refractivity contribution in [2.45, 2.75) is 46.5 Å². The smallest absolute Gasteiger partial charge is 0.183 e. The molecule has 2 aliphatic rings. The van der Waals surface area contributed by atoms with Crippen LogP contribution in [0.4, 0.5) is 5.13 Å². The van der Waals surface area contributed by atoms with Crippen LogP contribution in [0.5, 0.6) is 0 Å². The predicted molar refractivity (Wildman–Crippen MR) is 167 cm³/mol. The van der Waals surface area contributed by atoms with Gasteiger partial charge in [-0.2, -0.15) is 0 Å². The highest BCUT2D eigenvalue weighted by atomic mass is 32.1. The average Bonchev–Trinajstić information content (AvgIpc) is 3.63. The zero-order chi connectivity index (χ0) is 27.5. The number of rotatable bonds is 7. The van der Waals surface area contributed by atoms with Gasteiger partial charge in [-0.1, -0.05) is 93.6 Å². The summed E-state index contributed by atoms with van der Waals surface area (Å²) in [6.07, 6.45) is 21.2. The molecule has 5 rings (SSSR count). The standard InChI is InChI=1S/C30H31N3S.C2H6.C2H2/c1-21-10-4-8-14-25(21)28(31-3)27-19-34-29(33-27)32-20-30(2)17-24(18-30)26-15-9-7-13-23(26)16-22-11-5-6-12-22;2*1-2/h4-16,19,24H,17-18,20H2,1-3H3,(H,32,33);1-2H3;1-2H. The number of benzene rings is 2. The summed E-state index contributed by atoms with van der Waals surface area (Å²) < 4.78 is 0. The Morgan fingerprint density at radius 1 is 1.08 bits per heavy atom. The first-order valence-corrected chi connectivity index (χ1v) is 14.1. The van der Waals surface area contributed by atoms with E-state index in [1.165, 1.54) is 35.1 Å². The molecule has 3 nitrogen and oxygen atoms in total. The number of aromatic nitrogens is 1. The third-order valence-electron chi connectivity index (χ3n) is 6.96. The van der Waals surface area contributed by atoms with E-state index in [0.717, 1.165) is 28.6 Å². The van der Waals surface area contributed by atoms with Crippen molar-refractivity contribution < 1.29 is 0 Å². The maximum atomic E-state index is 4.87. The largest absolute Gasteiger partial charge is 0.361 e. The monoisotopic (exact) mass is 521 g/mol. The van der Waals surface area contributed by atoms with Gasteiger partial charge in [0.2, 0.25) is 0 Å². The summed E-state index contributed by atoms with van der Waals surface area (Å²) in [4.78, 5) is 9.41. The minimum atomic E-state index is 0.279. The lowest BCUT2D eigenvalue weighted by molar-refractivity contribution is 0.142. The topological polar surface area (TPSA) is 37.3 Å². The Balaban J connectivity index is 0.000000956. The minimum Gasteiger partial charge on any atom is -0.361 e. The summed E-state index contributed by atoms with van der Waals surface area (Å²) in [5.41, 5.74) is 8.63. The van der Waals surface area contributed by atoms with Crippen LogP contribution in [0.3, 0.4) is 0 Å². The van der Waals surface area contributed by atoms with Crippen LogP contribution in [0.25, 0.3) is 6.08 Å². The SMILES string of the molecule is C#C.CC.CN=C(c1csc(NCC2(C)CC(c3ccccc3C=C3C=CC=C3)C2)n1)c1ccccc1C. The molecule has 0 saturated heterocycles. The molecular weight excluding hydrogens is 482 g/mol. The highest BCUT2D eigenvalue weighted by Gasteiger charge is 2.41. The zero-order valence-corrected chi connectivity index (χ0v) is 24.1. The Bertz CT molecular complexity index is 1330. The molecule has 2 aromatic carbocycles. The molecule has 1 N–H and O–H groups in total. The Labute approximate surface area is 233 Å². The van der Waals surface area contributed by atoms with Crippen molar-refractivity contribution in [3.8, 4) is 12.8 Å². The van der Waals surface area contributed by atoms with E-state index in [9.17, 15) is 0 Å². The van der Waals surface area contributed by atoms with Gasteiger partial charge >= 0.3 is 0 Å². The van der Waals surface area contributed by atoms with Crippen molar-refractivity contribution >= 4 is 28.3 Å². The van der Waals surface area contributed by atoms with Gasteiger partial charge in [0.25, 0.3) is 0 Å². The molecule has 0 radical (unpaired) electrons. The van der Waals surface area contributed by atoms with Gasteiger partial charge in [-0.15, -0.1) is 24.2 Å². The van der Waals surface area contributed by atoms with Crippen molar-refractivity contribution in [1.82, 2.24) is 4.98 Å². The van der Waals surface area contributed by atoms with Crippen LogP contribution in [0.15, 0.2) is 88.8 Å². The van der Waals surface area contributed by atoms with Crippen molar-refractivity contribution in [2.24, 2.45) is 10.4 Å². The maximum absolute atomic E-state index is 4.87. The van der Waals surface area contributed by atoms with Crippen molar-refractivity contribution in [1.29, 1.82) is 0 Å². The lowest BCUT2D eigenvalue weighted by Crippen LogP contribution is -2.39. The van der Waals surface area contributed by atoms with Crippen molar-refractivity contribution in [3.63, 3.8) is 0 Å². The maximum Gasteiger partial charge on any atom is 0.183 e. The molecule has 0 atom stereocenters. The first-order chi connectivity index (χ1) is 18.5. The third-order valence-corrected chi connectivity index (χ3v) is 7.76. The minimum absolute atomic E-state index is 0.279. The fourth-order valence-corrected chi connectivity index (χ4v) is 5.83. The van der Waals surface area contributed by atoms with Gasteiger partial charge in [0.15, 0.2) is 5.13 Å². The zero-order valence-electron chi connectivity index (χ0n) is 23.2. The van der Waals surface area contributed by atoms with E-state index in [2.05, 4.69) is 121 Å². The summed E-state index contributed by atoms with van der Waals surface area (Å²) in [6, 6.07) is 17.2. The van der Waals surface area contributed by atoms with Gasteiger partial charge in [-0.25, -0.2) is 4.98 Å². The number of hydrogen-bond donors (Lipinski definition) is 1. The Hall–Kier alpha value is -3.68. The Morgan fingerprint density at radius 2 is 1.74 bits per heavy atom. The summed E-state index contributed by atoms with van der Waals surface area (Å²) in [5.74, 6) is 0.612. The molecule has 38 heavy (non-hydrogen) atoms. The molecule has 2 aliphatic carbocycles. The Morgan fingerprint density at radius 3 is 2.42 bits per heavy atom. The predicted octanol–water partition coefficient (Wildman–Crippen LogP) is 8.70. The average molecular weight is 522 g/mol. The molecule has 0 unspecified atom stereocenters. The summed E-state index contributed by atoms with van der Waals surface area (Å²) in [7, 11) is 1.84. The van der Waals surface area contributed by atoms with Gasteiger partial charge in [0.05, 0.1) is 5.71 Å². The fraction of sp³-hybridized carbons (Fsp3) is 0.294. The first-order valence-electron chi connectivity index (χ1n) is 13.3. The van der Waals surface area contributed by atoms with Gasteiger partial charge in [-0.05, 0) is 59.4 Å². The van der Waals surface area contributed by atoms with E-state index < -0.39 is 0 Å². The second-order valence-electron chi connectivity index (χ2n) is 9.69. The molecule has 3 aromatic rings. The highest BCUT2D eigenvalue weighted by Crippen LogP contribution is 2.51. The molecule has 196 valence electrons. The van der Waals surface area contributed by atoms with Crippen LogP contribution in [0.1, 0.15) is 67.5 Å². The van der Waals surface area contributed by atoms with Crippen LogP contribution in [0, 0.1) is 25.2 Å². The normalized spacial score (nSPS) is 19.5. The second kappa shape index (κ2) is 13.7. The molecule has 0 bridgehead atoms. The quantitative estimate of drug-likeness (QED) is 0.249. The third kappa shape index (κ3) is 6.79. The highest BCUT2D eigenvalue weighted by molar-refractivity contribution is 7.13. The van der Waals surface area contributed by atoms with E-state index >= 15 is 0 Å². The van der Waals surface area contributed by atoms with Crippen molar-refractivity contribution in [3.05, 3.63) is 112 Å². The number of nitrogens with zero attached hydrogens (tertiary/aromatic N) is 2. The number of terminal acetylenes is 1. The van der Waals surface area contributed by atoms with E-state index in [-0.39, 0.29) is 5.41 Å². The second-order valence-corrected chi connectivity index (χ2v) is 10.5. The van der Waals surface area contributed by atoms with Crippen LogP contribution in [-0.2, 0) is 0 Å². The van der Waals surface area contributed by atoms with Crippen molar-refractivity contribution in [2.75, 3.05) is 18.9 Å². The summed E-state index contributed by atoms with van der Waals surface area (Å²) >= 11 is 1.66. The number of anilines is 1. The molecular formula is C34H39N3S. The molecule has 1 heterocycles. The van der Waals surface area contributed by atoms with Gasteiger partial charge in [0, 0.05) is 24.5 Å². The van der Waals surface area contributed by atoms with Crippen LogP contribution in [-0.4, -0.2) is 24.3 Å². The lowest BCUT2D eigenvalue weighted by atomic mass is 9.60. The van der Waals surface area contributed by atoms with Gasteiger partial charge in [-0.3, -0.25) is 4.99 Å². The molecule has 4 heteroatoms. The molecule has 1 saturated carbocycles. The number of nitrogens with one attached hydrogen (secondary N) is 1. The van der Waals surface area contributed by atoms with E-state index in [1.54, 1.807) is 11.3 Å². The van der Waals surface area contributed by atoms with E-state index in [1.807, 2.05) is 20.9 Å². The fourth-order valence-electron chi connectivity index (χ4n) is 5.14. The number of allylic oxidation sites excluding steroid dienone is 5. The Kier molecular flexibility index (Phi) is 10.4. The number of aliphatic imine (C=N–C) groups is 1. The first kappa shape index (κ1) is 28.9.